The normalized spacial score (nSPS) is 14.1. The predicted octanol–water partition coefficient (Wildman–Crippen LogP) is 3.16. The van der Waals surface area contributed by atoms with Crippen LogP contribution in [0.2, 0.25) is 0 Å². The number of rotatable bonds is 3. The van der Waals surface area contributed by atoms with Gasteiger partial charge in [-0.05, 0) is 30.5 Å². The van der Waals surface area contributed by atoms with E-state index in [1.807, 2.05) is 49.4 Å². The topological polar surface area (TPSA) is 37.3 Å². The molecule has 4 heteroatoms. The van der Waals surface area contributed by atoms with Crippen LogP contribution in [0.15, 0.2) is 53.4 Å². The van der Waals surface area contributed by atoms with Crippen LogP contribution >= 0.6 is 0 Å². The van der Waals surface area contributed by atoms with Gasteiger partial charge in [0.2, 0.25) is 0 Å². The third-order valence-electron chi connectivity index (χ3n) is 2.73. The third-order valence-corrected chi connectivity index (χ3v) is 4.22. The number of benzene rings is 2. The van der Waals surface area contributed by atoms with Crippen molar-refractivity contribution in [2.45, 2.75) is 18.2 Å². The zero-order valence-electron chi connectivity index (χ0n) is 10.00. The Hall–Kier alpha value is -1.23. The van der Waals surface area contributed by atoms with Crippen molar-refractivity contribution in [1.29, 1.82) is 0 Å². The van der Waals surface area contributed by atoms with E-state index in [9.17, 15) is 8.76 Å². The first-order chi connectivity index (χ1) is 8.47. The molecule has 0 aliphatic heterocycles. The number of hydrogen-bond acceptors (Lipinski definition) is 2. The zero-order valence-corrected chi connectivity index (χ0v) is 11.6. The summed E-state index contributed by atoms with van der Waals surface area (Å²) in [6.45, 7) is 1.96. The summed E-state index contributed by atoms with van der Waals surface area (Å²) in [4.78, 5) is 0.354. The molecular formula is C14H14O2S2. The predicted molar refractivity (Wildman–Crippen MR) is 76.8 cm³/mol. The maximum atomic E-state index is 11.7. The molecule has 18 heavy (non-hydrogen) atoms. The van der Waals surface area contributed by atoms with Crippen LogP contribution in [0.25, 0.3) is 0 Å². The van der Waals surface area contributed by atoms with Crippen LogP contribution in [0.1, 0.15) is 16.7 Å². The molecule has 1 atom stereocenters. The summed E-state index contributed by atoms with van der Waals surface area (Å²) in [6.07, 6.45) is 0.617. The van der Waals surface area contributed by atoms with Crippen molar-refractivity contribution in [3.63, 3.8) is 0 Å². The summed E-state index contributed by atoms with van der Waals surface area (Å²) in [6, 6.07) is 15.2. The van der Waals surface area contributed by atoms with Gasteiger partial charge in [0, 0.05) is 11.2 Å². The number of hydrogen-bond donors (Lipinski definition) is 1. The fourth-order valence-electron chi connectivity index (χ4n) is 1.91. The van der Waals surface area contributed by atoms with Gasteiger partial charge >= 0.3 is 0 Å². The van der Waals surface area contributed by atoms with E-state index in [0.29, 0.717) is 11.3 Å². The summed E-state index contributed by atoms with van der Waals surface area (Å²) in [7, 11) is -3.34. The van der Waals surface area contributed by atoms with E-state index >= 15 is 0 Å². The summed E-state index contributed by atoms with van der Waals surface area (Å²) in [5.74, 6) is 0. The molecule has 0 aromatic heterocycles. The van der Waals surface area contributed by atoms with Crippen molar-refractivity contribution in [1.82, 2.24) is 0 Å². The van der Waals surface area contributed by atoms with Gasteiger partial charge in [-0.3, -0.25) is 0 Å². The van der Waals surface area contributed by atoms with Crippen molar-refractivity contribution >= 4 is 20.0 Å². The van der Waals surface area contributed by atoms with E-state index in [-0.39, 0.29) is 0 Å². The lowest BCUT2D eigenvalue weighted by Crippen LogP contribution is -2.03. The minimum absolute atomic E-state index is 0.354. The molecular weight excluding hydrogens is 264 g/mol. The minimum Gasteiger partial charge on any atom is -0.302 e. The summed E-state index contributed by atoms with van der Waals surface area (Å²) < 4.78 is 21.3. The zero-order chi connectivity index (χ0) is 13.2. The second-order valence-electron chi connectivity index (χ2n) is 4.25. The standard InChI is InChI=1S/C14H14O2S2/c1-11-7-8-14(18(15,16)17)13(9-11)10-12-5-3-2-4-6-12/h2-9H,10H2,1H3,(H,15,16,17). The molecule has 0 spiro atoms. The monoisotopic (exact) mass is 278 g/mol. The Labute approximate surface area is 112 Å². The van der Waals surface area contributed by atoms with E-state index in [2.05, 4.69) is 11.2 Å². The number of aryl methyl sites for hydroxylation is 1. The average Bonchev–Trinajstić information content (AvgIpc) is 2.28. The van der Waals surface area contributed by atoms with Crippen molar-refractivity contribution in [2.24, 2.45) is 0 Å². The Morgan fingerprint density at radius 3 is 2.44 bits per heavy atom. The van der Waals surface area contributed by atoms with Crippen molar-refractivity contribution in [3.8, 4) is 0 Å². The van der Waals surface area contributed by atoms with Crippen LogP contribution in [0.3, 0.4) is 0 Å². The van der Waals surface area contributed by atoms with E-state index in [1.165, 1.54) is 0 Å². The van der Waals surface area contributed by atoms with Gasteiger partial charge in [0.1, 0.15) is 0 Å². The highest BCUT2D eigenvalue weighted by molar-refractivity contribution is 8.29. The van der Waals surface area contributed by atoms with Gasteiger partial charge in [0.25, 0.3) is 0 Å². The Bertz CT molecular complexity index is 647. The highest BCUT2D eigenvalue weighted by Crippen LogP contribution is 2.20. The molecule has 0 bridgehead atoms. The summed E-state index contributed by atoms with van der Waals surface area (Å²) >= 11 is 4.68. The van der Waals surface area contributed by atoms with Gasteiger partial charge in [-0.25, -0.2) is 4.21 Å². The van der Waals surface area contributed by atoms with Crippen LogP contribution in [-0.4, -0.2) is 8.76 Å². The van der Waals surface area contributed by atoms with Crippen molar-refractivity contribution < 1.29 is 8.76 Å². The molecule has 0 fully saturated rings. The van der Waals surface area contributed by atoms with Crippen LogP contribution < -0.4 is 0 Å². The van der Waals surface area contributed by atoms with Gasteiger partial charge in [-0.15, -0.1) is 0 Å². The van der Waals surface area contributed by atoms with Gasteiger partial charge < -0.3 is 4.55 Å². The van der Waals surface area contributed by atoms with E-state index in [1.54, 1.807) is 6.07 Å². The Kier molecular flexibility index (Phi) is 3.80. The first-order valence-corrected chi connectivity index (χ1v) is 8.02. The lowest BCUT2D eigenvalue weighted by Gasteiger charge is -2.10. The molecule has 1 unspecified atom stereocenters. The molecule has 0 aliphatic rings. The van der Waals surface area contributed by atoms with Gasteiger partial charge in [-0.2, -0.15) is 0 Å². The maximum Gasteiger partial charge on any atom is 0.171 e. The summed E-state index contributed by atoms with van der Waals surface area (Å²) in [5.41, 5.74) is 2.98. The second kappa shape index (κ2) is 5.18. The van der Waals surface area contributed by atoms with Crippen LogP contribution in [0.4, 0.5) is 0 Å². The highest BCUT2D eigenvalue weighted by Gasteiger charge is 2.12. The van der Waals surface area contributed by atoms with Crippen molar-refractivity contribution in [3.05, 3.63) is 65.2 Å². The lowest BCUT2D eigenvalue weighted by molar-refractivity contribution is 0.560. The highest BCUT2D eigenvalue weighted by atomic mass is 32.8. The molecule has 94 valence electrons. The second-order valence-corrected chi connectivity index (χ2v) is 6.99. The molecule has 0 saturated heterocycles. The fourth-order valence-corrected chi connectivity index (χ4v) is 3.10. The molecule has 2 aromatic carbocycles. The van der Waals surface area contributed by atoms with Crippen LogP contribution in [0.5, 0.6) is 0 Å². The Morgan fingerprint density at radius 2 is 1.83 bits per heavy atom. The molecule has 1 N–H and O–H groups in total. The maximum absolute atomic E-state index is 11.7. The molecule has 2 aromatic rings. The average molecular weight is 278 g/mol. The molecule has 0 radical (unpaired) electrons. The van der Waals surface area contributed by atoms with E-state index in [4.69, 9.17) is 0 Å². The third kappa shape index (κ3) is 3.16. The molecule has 2 nitrogen and oxygen atoms in total. The molecule has 0 amide bonds. The minimum atomic E-state index is -3.34. The lowest BCUT2D eigenvalue weighted by atomic mass is 10.0. The molecule has 0 saturated carbocycles. The Balaban J connectivity index is 2.47. The van der Waals surface area contributed by atoms with Crippen LogP contribution in [0, 0.1) is 6.92 Å². The molecule has 2 rings (SSSR count). The van der Waals surface area contributed by atoms with Crippen molar-refractivity contribution in [2.75, 3.05) is 0 Å². The quantitative estimate of drug-likeness (QED) is 0.937. The summed E-state index contributed by atoms with van der Waals surface area (Å²) in [5, 5.41) is 0. The van der Waals surface area contributed by atoms with Crippen LogP contribution in [-0.2, 0) is 26.4 Å². The molecule has 0 aliphatic carbocycles. The first-order valence-electron chi connectivity index (χ1n) is 5.58. The van der Waals surface area contributed by atoms with E-state index in [0.717, 1.165) is 16.7 Å². The largest absolute Gasteiger partial charge is 0.302 e. The smallest absolute Gasteiger partial charge is 0.171 e. The van der Waals surface area contributed by atoms with Gasteiger partial charge in [-0.1, -0.05) is 48.0 Å². The SMILES string of the molecule is Cc1ccc(S(=O)(O)=S)c(Cc2ccccc2)c1. The first kappa shape index (κ1) is 13.2. The molecule has 0 heterocycles. The van der Waals surface area contributed by atoms with Gasteiger partial charge in [0.05, 0.1) is 4.90 Å². The van der Waals surface area contributed by atoms with E-state index < -0.39 is 8.77 Å². The Morgan fingerprint density at radius 1 is 1.17 bits per heavy atom. The fraction of sp³-hybridized carbons (Fsp3) is 0.143. The van der Waals surface area contributed by atoms with Gasteiger partial charge in [0.15, 0.2) is 8.77 Å².